The maximum Gasteiger partial charge on any atom is 0.252 e. The summed E-state index contributed by atoms with van der Waals surface area (Å²) in [7, 11) is 1.48. The summed E-state index contributed by atoms with van der Waals surface area (Å²) in [6.45, 7) is 0. The Labute approximate surface area is 109 Å². The molecule has 0 fully saturated rings. The van der Waals surface area contributed by atoms with Gasteiger partial charge in [-0.15, -0.1) is 0 Å². The van der Waals surface area contributed by atoms with Crippen LogP contribution in [0.15, 0.2) is 42.5 Å². The molecule has 0 saturated heterocycles. The van der Waals surface area contributed by atoms with E-state index in [4.69, 9.17) is 11.6 Å². The molecule has 0 saturated carbocycles. The second kappa shape index (κ2) is 5.19. The van der Waals surface area contributed by atoms with Crippen molar-refractivity contribution in [2.75, 3.05) is 7.05 Å². The van der Waals surface area contributed by atoms with Gasteiger partial charge in [0.15, 0.2) is 0 Å². The first-order valence-corrected chi connectivity index (χ1v) is 5.78. The molecule has 0 aromatic heterocycles. The first-order chi connectivity index (χ1) is 8.63. The second-order valence-electron chi connectivity index (χ2n) is 3.76. The molecule has 0 spiro atoms. The number of amides is 1. The molecule has 0 aliphatic heterocycles. The zero-order chi connectivity index (χ0) is 13.1. The van der Waals surface area contributed by atoms with Crippen molar-refractivity contribution in [3.63, 3.8) is 0 Å². The summed E-state index contributed by atoms with van der Waals surface area (Å²) in [4.78, 5) is 11.6. The van der Waals surface area contributed by atoms with Crippen LogP contribution in [0.25, 0.3) is 11.1 Å². The molecule has 0 aliphatic rings. The molecule has 18 heavy (non-hydrogen) atoms. The number of carbonyl (C=O) groups excluding carboxylic acids is 1. The number of hydrogen-bond donors (Lipinski definition) is 1. The Morgan fingerprint density at radius 3 is 2.50 bits per heavy atom. The molecule has 1 amide bonds. The van der Waals surface area contributed by atoms with Crippen molar-refractivity contribution < 1.29 is 9.18 Å². The highest BCUT2D eigenvalue weighted by molar-refractivity contribution is 6.36. The Hall–Kier alpha value is -1.87. The van der Waals surface area contributed by atoms with Gasteiger partial charge in [0, 0.05) is 12.6 Å². The predicted molar refractivity (Wildman–Crippen MR) is 70.2 cm³/mol. The summed E-state index contributed by atoms with van der Waals surface area (Å²) < 4.78 is 13.6. The lowest BCUT2D eigenvalue weighted by Crippen LogP contribution is -2.18. The molecule has 92 valence electrons. The van der Waals surface area contributed by atoms with Crippen molar-refractivity contribution in [1.29, 1.82) is 0 Å². The molecular formula is C14H11ClFNO. The van der Waals surface area contributed by atoms with Crippen LogP contribution in [0, 0.1) is 5.82 Å². The molecule has 0 bridgehead atoms. The molecule has 4 heteroatoms. The number of rotatable bonds is 2. The largest absolute Gasteiger partial charge is 0.355 e. The minimum absolute atomic E-state index is 0.137. The minimum Gasteiger partial charge on any atom is -0.355 e. The zero-order valence-corrected chi connectivity index (χ0v) is 10.5. The van der Waals surface area contributed by atoms with E-state index < -0.39 is 11.7 Å². The van der Waals surface area contributed by atoms with Gasteiger partial charge in [-0.25, -0.2) is 4.39 Å². The lowest BCUT2D eigenvalue weighted by Gasteiger charge is -2.09. The third-order valence-corrected chi connectivity index (χ3v) is 3.00. The van der Waals surface area contributed by atoms with Crippen LogP contribution in [-0.2, 0) is 0 Å². The molecule has 2 rings (SSSR count). The van der Waals surface area contributed by atoms with Gasteiger partial charge in [-0.2, -0.15) is 0 Å². The Bertz CT molecular complexity index is 584. The fourth-order valence-electron chi connectivity index (χ4n) is 1.72. The average Bonchev–Trinajstić information content (AvgIpc) is 2.41. The van der Waals surface area contributed by atoms with Gasteiger partial charge >= 0.3 is 0 Å². The van der Waals surface area contributed by atoms with E-state index in [0.29, 0.717) is 5.56 Å². The van der Waals surface area contributed by atoms with Crippen LogP contribution in [0.2, 0.25) is 5.02 Å². The summed E-state index contributed by atoms with van der Waals surface area (Å²) in [6, 6.07) is 11.6. The van der Waals surface area contributed by atoms with Crippen LogP contribution < -0.4 is 5.32 Å². The van der Waals surface area contributed by atoms with E-state index in [1.54, 1.807) is 0 Å². The van der Waals surface area contributed by atoms with Crippen LogP contribution in [0.1, 0.15) is 10.4 Å². The molecular weight excluding hydrogens is 253 g/mol. The quantitative estimate of drug-likeness (QED) is 0.883. The summed E-state index contributed by atoms with van der Waals surface area (Å²) >= 11 is 6.16. The van der Waals surface area contributed by atoms with Crippen molar-refractivity contribution in [3.8, 4) is 11.1 Å². The van der Waals surface area contributed by atoms with Crippen LogP contribution >= 0.6 is 11.6 Å². The maximum absolute atomic E-state index is 13.6. The molecule has 0 radical (unpaired) electrons. The zero-order valence-electron chi connectivity index (χ0n) is 9.71. The third-order valence-electron chi connectivity index (χ3n) is 2.59. The lowest BCUT2D eigenvalue weighted by atomic mass is 10.0. The molecule has 2 nitrogen and oxygen atoms in total. The highest BCUT2D eigenvalue weighted by Gasteiger charge is 2.15. The molecule has 2 aromatic rings. The minimum atomic E-state index is -0.489. The van der Waals surface area contributed by atoms with Gasteiger partial charge in [0.2, 0.25) is 0 Å². The molecule has 0 atom stereocenters. The van der Waals surface area contributed by atoms with Crippen LogP contribution in [0.4, 0.5) is 4.39 Å². The van der Waals surface area contributed by atoms with Gasteiger partial charge in [-0.1, -0.05) is 41.9 Å². The molecule has 0 heterocycles. The van der Waals surface area contributed by atoms with E-state index in [0.717, 1.165) is 11.6 Å². The topological polar surface area (TPSA) is 29.1 Å². The lowest BCUT2D eigenvalue weighted by molar-refractivity contribution is 0.0963. The highest BCUT2D eigenvalue weighted by Crippen LogP contribution is 2.31. The van der Waals surface area contributed by atoms with Crippen LogP contribution in [-0.4, -0.2) is 13.0 Å². The fourth-order valence-corrected chi connectivity index (χ4v) is 2.02. The normalized spacial score (nSPS) is 10.2. The van der Waals surface area contributed by atoms with Crippen molar-refractivity contribution in [2.45, 2.75) is 0 Å². The van der Waals surface area contributed by atoms with Crippen molar-refractivity contribution in [3.05, 3.63) is 58.9 Å². The summed E-state index contributed by atoms with van der Waals surface area (Å²) in [5.74, 6) is -0.895. The summed E-state index contributed by atoms with van der Waals surface area (Å²) in [5, 5.41) is 2.69. The van der Waals surface area contributed by atoms with Gasteiger partial charge in [0.25, 0.3) is 5.91 Å². The SMILES string of the molecule is CNC(=O)c1cc(F)cc(-c2ccccc2)c1Cl. The Morgan fingerprint density at radius 1 is 1.22 bits per heavy atom. The third kappa shape index (κ3) is 2.36. The molecule has 0 aliphatic carbocycles. The van der Waals surface area contributed by atoms with Gasteiger partial charge < -0.3 is 5.32 Å². The number of carbonyl (C=O) groups is 1. The number of benzene rings is 2. The van der Waals surface area contributed by atoms with E-state index in [1.807, 2.05) is 30.3 Å². The summed E-state index contributed by atoms with van der Waals surface area (Å²) in [5.41, 5.74) is 1.42. The van der Waals surface area contributed by atoms with Crippen LogP contribution in [0.3, 0.4) is 0 Å². The van der Waals surface area contributed by atoms with Crippen LogP contribution in [0.5, 0.6) is 0 Å². The Balaban J connectivity index is 2.62. The number of nitrogens with one attached hydrogen (secondary N) is 1. The van der Waals surface area contributed by atoms with E-state index in [2.05, 4.69) is 5.32 Å². The standard InChI is InChI=1S/C14H11ClFNO/c1-17-14(18)12-8-10(16)7-11(13(12)15)9-5-3-2-4-6-9/h2-8H,1H3,(H,17,18). The average molecular weight is 264 g/mol. The molecule has 1 N–H and O–H groups in total. The van der Waals surface area contributed by atoms with E-state index in [9.17, 15) is 9.18 Å². The first kappa shape index (κ1) is 12.6. The Kier molecular flexibility index (Phi) is 3.63. The Morgan fingerprint density at radius 2 is 1.89 bits per heavy atom. The van der Waals surface area contributed by atoms with Crippen molar-refractivity contribution in [1.82, 2.24) is 5.32 Å². The van der Waals surface area contributed by atoms with Crippen molar-refractivity contribution >= 4 is 17.5 Å². The van der Waals surface area contributed by atoms with E-state index >= 15 is 0 Å². The van der Waals surface area contributed by atoms with Gasteiger partial charge in [0.05, 0.1) is 10.6 Å². The predicted octanol–water partition coefficient (Wildman–Crippen LogP) is 3.51. The van der Waals surface area contributed by atoms with Gasteiger partial charge in [-0.05, 0) is 17.7 Å². The highest BCUT2D eigenvalue weighted by atomic mass is 35.5. The summed E-state index contributed by atoms with van der Waals surface area (Å²) in [6.07, 6.45) is 0. The number of halogens is 2. The monoisotopic (exact) mass is 263 g/mol. The second-order valence-corrected chi connectivity index (χ2v) is 4.14. The molecule has 0 unspecified atom stereocenters. The fraction of sp³-hybridized carbons (Fsp3) is 0.0714. The first-order valence-electron chi connectivity index (χ1n) is 5.40. The van der Waals surface area contributed by atoms with Gasteiger partial charge in [-0.3, -0.25) is 4.79 Å². The number of hydrogen-bond acceptors (Lipinski definition) is 1. The van der Waals surface area contributed by atoms with Crippen molar-refractivity contribution in [2.24, 2.45) is 0 Å². The van der Waals surface area contributed by atoms with E-state index in [1.165, 1.54) is 13.1 Å². The maximum atomic E-state index is 13.6. The molecule has 2 aromatic carbocycles. The van der Waals surface area contributed by atoms with Gasteiger partial charge in [0.1, 0.15) is 5.82 Å². The van der Waals surface area contributed by atoms with E-state index in [-0.39, 0.29) is 10.6 Å². The smallest absolute Gasteiger partial charge is 0.252 e.